The van der Waals surface area contributed by atoms with Crippen molar-refractivity contribution in [1.82, 2.24) is 15.0 Å². The lowest BCUT2D eigenvalue weighted by Gasteiger charge is -2.09. The van der Waals surface area contributed by atoms with Crippen LogP contribution in [-0.2, 0) is 16.6 Å². The molecule has 2 heterocycles. The summed E-state index contributed by atoms with van der Waals surface area (Å²) < 4.78 is 26.6. The largest absolute Gasteiger partial charge is 0.325 e. The molecule has 8 heteroatoms. The maximum Gasteiger partial charge on any atom is 0.263 e. The van der Waals surface area contributed by atoms with Gasteiger partial charge in [-0.1, -0.05) is 0 Å². The van der Waals surface area contributed by atoms with Crippen molar-refractivity contribution < 1.29 is 8.42 Å². The fourth-order valence-electron chi connectivity index (χ4n) is 1.38. The molecule has 0 aliphatic heterocycles. The Kier molecular flexibility index (Phi) is 3.49. The van der Waals surface area contributed by atoms with Crippen LogP contribution in [0.15, 0.2) is 41.9 Å². The number of rotatable bonds is 4. The van der Waals surface area contributed by atoms with Crippen LogP contribution in [0.5, 0.6) is 0 Å². The lowest BCUT2D eigenvalue weighted by Crippen LogP contribution is -2.17. The molecule has 18 heavy (non-hydrogen) atoms. The Hall–Kier alpha value is -2.06. The molecule has 0 aliphatic rings. The summed E-state index contributed by atoms with van der Waals surface area (Å²) in [5.74, 6) is 0. The van der Waals surface area contributed by atoms with Gasteiger partial charge in [0.05, 0.1) is 23.8 Å². The summed E-state index contributed by atoms with van der Waals surface area (Å²) in [6, 6.07) is 2.98. The molecule has 0 aliphatic carbocycles. The van der Waals surface area contributed by atoms with Crippen molar-refractivity contribution >= 4 is 15.7 Å². The van der Waals surface area contributed by atoms with Gasteiger partial charge in [0.15, 0.2) is 0 Å². The molecule has 2 aromatic rings. The highest BCUT2D eigenvalue weighted by Crippen LogP contribution is 2.16. The Morgan fingerprint density at radius 1 is 1.28 bits per heavy atom. The highest BCUT2D eigenvalue weighted by Gasteiger charge is 2.18. The van der Waals surface area contributed by atoms with Crippen LogP contribution < -0.4 is 10.5 Å². The zero-order valence-corrected chi connectivity index (χ0v) is 10.1. The molecule has 0 bridgehead atoms. The van der Waals surface area contributed by atoms with Gasteiger partial charge < -0.3 is 5.73 Å². The first-order chi connectivity index (χ1) is 8.63. The summed E-state index contributed by atoms with van der Waals surface area (Å²) in [7, 11) is -3.73. The number of nitrogens with two attached hydrogens (primary N) is 1. The minimum atomic E-state index is -3.73. The van der Waals surface area contributed by atoms with Gasteiger partial charge in [-0.05, 0) is 12.1 Å². The van der Waals surface area contributed by atoms with Gasteiger partial charge in [-0.2, -0.15) is 0 Å². The van der Waals surface area contributed by atoms with Crippen LogP contribution in [0.2, 0.25) is 0 Å². The van der Waals surface area contributed by atoms with E-state index in [0.717, 1.165) is 0 Å². The van der Waals surface area contributed by atoms with Crippen LogP contribution >= 0.6 is 0 Å². The topological polar surface area (TPSA) is 111 Å². The third-order valence-corrected chi connectivity index (χ3v) is 3.60. The van der Waals surface area contributed by atoms with E-state index in [9.17, 15) is 8.42 Å². The van der Waals surface area contributed by atoms with E-state index < -0.39 is 10.0 Å². The predicted molar refractivity (Wildman–Crippen MR) is 65.0 cm³/mol. The molecule has 2 rings (SSSR count). The van der Waals surface area contributed by atoms with E-state index in [2.05, 4.69) is 19.7 Å². The van der Waals surface area contributed by atoms with E-state index >= 15 is 0 Å². The maximum absolute atomic E-state index is 12.1. The zero-order valence-electron chi connectivity index (χ0n) is 9.31. The monoisotopic (exact) mass is 265 g/mol. The third-order valence-electron chi connectivity index (χ3n) is 2.14. The van der Waals surface area contributed by atoms with Crippen molar-refractivity contribution in [3.8, 4) is 0 Å². The van der Waals surface area contributed by atoms with Crippen LogP contribution in [0.3, 0.4) is 0 Å². The van der Waals surface area contributed by atoms with Crippen molar-refractivity contribution in [2.75, 3.05) is 4.72 Å². The number of sulfonamides is 1. The number of aromatic nitrogens is 3. The second-order valence-electron chi connectivity index (χ2n) is 3.39. The molecule has 3 N–H and O–H groups in total. The first-order valence-corrected chi connectivity index (χ1v) is 6.53. The molecule has 2 aromatic heterocycles. The van der Waals surface area contributed by atoms with Crippen molar-refractivity contribution in [2.45, 2.75) is 11.4 Å². The quantitative estimate of drug-likeness (QED) is 0.813. The van der Waals surface area contributed by atoms with Gasteiger partial charge in [-0.3, -0.25) is 9.71 Å². The van der Waals surface area contributed by atoms with Crippen molar-refractivity contribution in [3.05, 3.63) is 42.7 Å². The van der Waals surface area contributed by atoms with Gasteiger partial charge in [0.25, 0.3) is 10.0 Å². The molecule has 0 aromatic carbocycles. The first kappa shape index (κ1) is 12.4. The molecule has 0 atom stereocenters. The van der Waals surface area contributed by atoms with Crippen LogP contribution in [-0.4, -0.2) is 23.4 Å². The number of hydrogen-bond donors (Lipinski definition) is 2. The number of pyridine rings is 1. The summed E-state index contributed by atoms with van der Waals surface area (Å²) in [4.78, 5) is 11.4. The average Bonchev–Trinajstić information content (AvgIpc) is 2.39. The van der Waals surface area contributed by atoms with E-state index in [4.69, 9.17) is 5.73 Å². The average molecular weight is 265 g/mol. The second-order valence-corrected chi connectivity index (χ2v) is 5.04. The van der Waals surface area contributed by atoms with Gasteiger partial charge in [0.1, 0.15) is 11.2 Å². The van der Waals surface area contributed by atoms with Gasteiger partial charge in [-0.25, -0.2) is 18.4 Å². The normalized spacial score (nSPS) is 11.2. The highest BCUT2D eigenvalue weighted by atomic mass is 32.2. The maximum atomic E-state index is 12.1. The highest BCUT2D eigenvalue weighted by molar-refractivity contribution is 7.92. The molecule has 0 spiro atoms. The third kappa shape index (κ3) is 2.60. The standard InChI is InChI=1S/C10H11N5O2S/c11-4-9-10(2-1-3-14-9)18(16,17)15-8-5-12-7-13-6-8/h1-3,5-7,15H,4,11H2. The molecule has 0 fully saturated rings. The molecule has 0 saturated heterocycles. The van der Waals surface area contributed by atoms with E-state index in [1.165, 1.54) is 37.1 Å². The van der Waals surface area contributed by atoms with E-state index in [-0.39, 0.29) is 17.1 Å². The molecule has 0 radical (unpaired) electrons. The number of hydrogen-bond acceptors (Lipinski definition) is 6. The lowest BCUT2D eigenvalue weighted by molar-refractivity contribution is 0.599. The number of nitrogens with one attached hydrogen (secondary N) is 1. The summed E-state index contributed by atoms with van der Waals surface area (Å²) in [6.45, 7) is 0.0440. The van der Waals surface area contributed by atoms with Gasteiger partial charge in [0.2, 0.25) is 0 Å². The molecule has 7 nitrogen and oxygen atoms in total. The summed E-state index contributed by atoms with van der Waals surface area (Å²) in [6.07, 6.45) is 5.53. The Morgan fingerprint density at radius 3 is 2.67 bits per heavy atom. The molecular formula is C10H11N5O2S. The fraction of sp³-hybridized carbons (Fsp3) is 0.100. The van der Waals surface area contributed by atoms with Gasteiger partial charge >= 0.3 is 0 Å². The second kappa shape index (κ2) is 5.07. The Balaban J connectivity index is 2.37. The Bertz CT molecular complexity index is 630. The first-order valence-electron chi connectivity index (χ1n) is 5.05. The number of nitrogens with zero attached hydrogens (tertiary/aromatic N) is 3. The molecule has 94 valence electrons. The van der Waals surface area contributed by atoms with Crippen molar-refractivity contribution in [2.24, 2.45) is 5.73 Å². The summed E-state index contributed by atoms with van der Waals surface area (Å²) >= 11 is 0. The SMILES string of the molecule is NCc1ncccc1S(=O)(=O)Nc1cncnc1. The van der Waals surface area contributed by atoms with E-state index in [1.54, 1.807) is 0 Å². The number of anilines is 1. The molecule has 0 saturated carbocycles. The molecule has 0 unspecified atom stereocenters. The van der Waals surface area contributed by atoms with Crippen LogP contribution in [0.25, 0.3) is 0 Å². The molecular weight excluding hydrogens is 254 g/mol. The minimum Gasteiger partial charge on any atom is -0.325 e. The van der Waals surface area contributed by atoms with Crippen molar-refractivity contribution in [1.29, 1.82) is 0 Å². The predicted octanol–water partition coefficient (Wildman–Crippen LogP) is 0.131. The smallest absolute Gasteiger partial charge is 0.263 e. The zero-order chi connectivity index (χ0) is 13.0. The fourth-order valence-corrected chi connectivity index (χ4v) is 2.61. The summed E-state index contributed by atoms with van der Waals surface area (Å²) in [5.41, 5.74) is 6.05. The Morgan fingerprint density at radius 2 is 2.00 bits per heavy atom. The van der Waals surface area contributed by atoms with Gasteiger partial charge in [0, 0.05) is 12.7 Å². The lowest BCUT2D eigenvalue weighted by atomic mass is 10.3. The minimum absolute atomic E-state index is 0.0440. The molecule has 0 amide bonds. The van der Waals surface area contributed by atoms with Crippen LogP contribution in [0, 0.1) is 0 Å². The van der Waals surface area contributed by atoms with Crippen molar-refractivity contribution in [3.63, 3.8) is 0 Å². The van der Waals surface area contributed by atoms with Crippen LogP contribution in [0.1, 0.15) is 5.69 Å². The van der Waals surface area contributed by atoms with Crippen LogP contribution in [0.4, 0.5) is 5.69 Å². The van der Waals surface area contributed by atoms with E-state index in [0.29, 0.717) is 5.69 Å². The van der Waals surface area contributed by atoms with Gasteiger partial charge in [-0.15, -0.1) is 0 Å². The van der Waals surface area contributed by atoms with E-state index in [1.807, 2.05) is 0 Å². The Labute approximate surface area is 104 Å². The summed E-state index contributed by atoms with van der Waals surface area (Å²) in [5, 5.41) is 0.